The SMILES string of the molecule is COC(C)(C)c1ncc(C)cn1. The van der Waals surface area contributed by atoms with Crippen molar-refractivity contribution in [2.45, 2.75) is 26.4 Å². The summed E-state index contributed by atoms with van der Waals surface area (Å²) in [6, 6.07) is 0. The summed E-state index contributed by atoms with van der Waals surface area (Å²) in [5, 5.41) is 0. The second kappa shape index (κ2) is 3.19. The van der Waals surface area contributed by atoms with E-state index < -0.39 is 5.60 Å². The maximum absolute atomic E-state index is 5.24. The molecule has 0 aromatic carbocycles. The van der Waals surface area contributed by atoms with Crippen molar-refractivity contribution in [3.8, 4) is 0 Å². The molecule has 0 atom stereocenters. The Hall–Kier alpha value is -0.960. The summed E-state index contributed by atoms with van der Waals surface area (Å²) in [6.45, 7) is 5.85. The summed E-state index contributed by atoms with van der Waals surface area (Å²) in [5.74, 6) is 0.718. The van der Waals surface area contributed by atoms with Crippen LogP contribution in [0.3, 0.4) is 0 Å². The van der Waals surface area contributed by atoms with Gasteiger partial charge >= 0.3 is 0 Å². The van der Waals surface area contributed by atoms with Crippen molar-refractivity contribution in [1.29, 1.82) is 0 Å². The summed E-state index contributed by atoms with van der Waals surface area (Å²) in [6.07, 6.45) is 3.59. The highest BCUT2D eigenvalue weighted by atomic mass is 16.5. The van der Waals surface area contributed by atoms with Gasteiger partial charge in [0.25, 0.3) is 0 Å². The van der Waals surface area contributed by atoms with Crippen molar-refractivity contribution in [2.75, 3.05) is 7.11 Å². The molecule has 0 unspecified atom stereocenters. The van der Waals surface area contributed by atoms with Crippen molar-refractivity contribution >= 4 is 0 Å². The average Bonchev–Trinajstić information content (AvgIpc) is 2.05. The number of nitrogens with zero attached hydrogens (tertiary/aromatic N) is 2. The van der Waals surface area contributed by atoms with Gasteiger partial charge in [0, 0.05) is 19.5 Å². The maximum atomic E-state index is 5.24. The zero-order valence-corrected chi connectivity index (χ0v) is 7.96. The molecule has 3 heteroatoms. The van der Waals surface area contributed by atoms with Gasteiger partial charge in [-0.15, -0.1) is 0 Å². The van der Waals surface area contributed by atoms with Crippen molar-refractivity contribution < 1.29 is 4.74 Å². The second-order valence-corrected chi connectivity index (χ2v) is 3.30. The monoisotopic (exact) mass is 166 g/mol. The molecule has 0 aliphatic carbocycles. The largest absolute Gasteiger partial charge is 0.371 e. The molecule has 12 heavy (non-hydrogen) atoms. The van der Waals surface area contributed by atoms with Crippen molar-refractivity contribution in [1.82, 2.24) is 9.97 Å². The fourth-order valence-electron chi connectivity index (χ4n) is 0.795. The zero-order valence-electron chi connectivity index (χ0n) is 7.96. The van der Waals surface area contributed by atoms with Crippen LogP contribution in [-0.2, 0) is 10.3 Å². The predicted molar refractivity (Wildman–Crippen MR) is 46.8 cm³/mol. The first-order valence-electron chi connectivity index (χ1n) is 3.90. The molecule has 0 N–H and O–H groups in total. The lowest BCUT2D eigenvalue weighted by Gasteiger charge is -2.20. The van der Waals surface area contributed by atoms with Gasteiger partial charge in [0.15, 0.2) is 5.82 Å². The number of aryl methyl sites for hydroxylation is 1. The zero-order chi connectivity index (χ0) is 9.19. The van der Waals surface area contributed by atoms with Gasteiger partial charge in [0.1, 0.15) is 5.60 Å². The quantitative estimate of drug-likeness (QED) is 0.670. The minimum absolute atomic E-state index is 0.395. The first-order valence-corrected chi connectivity index (χ1v) is 3.90. The van der Waals surface area contributed by atoms with Crippen molar-refractivity contribution in [2.24, 2.45) is 0 Å². The Morgan fingerprint density at radius 2 is 1.75 bits per heavy atom. The fourth-order valence-corrected chi connectivity index (χ4v) is 0.795. The lowest BCUT2D eigenvalue weighted by atomic mass is 10.1. The van der Waals surface area contributed by atoms with Crippen LogP contribution in [0.2, 0.25) is 0 Å². The highest BCUT2D eigenvalue weighted by molar-refractivity contribution is 5.05. The van der Waals surface area contributed by atoms with Gasteiger partial charge in [-0.3, -0.25) is 0 Å². The lowest BCUT2D eigenvalue weighted by molar-refractivity contribution is 0.0114. The van der Waals surface area contributed by atoms with Crippen LogP contribution in [-0.4, -0.2) is 17.1 Å². The number of aromatic nitrogens is 2. The van der Waals surface area contributed by atoms with Gasteiger partial charge < -0.3 is 4.74 Å². The first kappa shape index (κ1) is 9.13. The maximum Gasteiger partial charge on any atom is 0.159 e. The third-order valence-electron chi connectivity index (χ3n) is 1.83. The number of methoxy groups -OCH3 is 1. The molecular weight excluding hydrogens is 152 g/mol. The van der Waals surface area contributed by atoms with Crippen LogP contribution in [0, 0.1) is 6.92 Å². The van der Waals surface area contributed by atoms with E-state index in [1.54, 1.807) is 19.5 Å². The first-order chi connectivity index (χ1) is 5.56. The number of hydrogen-bond donors (Lipinski definition) is 0. The summed E-state index contributed by atoms with van der Waals surface area (Å²) >= 11 is 0. The predicted octanol–water partition coefficient (Wildman–Crippen LogP) is 1.67. The number of ether oxygens (including phenoxy) is 1. The Labute approximate surface area is 72.8 Å². The molecule has 0 spiro atoms. The number of rotatable bonds is 2. The van der Waals surface area contributed by atoms with Crippen LogP contribution < -0.4 is 0 Å². The van der Waals surface area contributed by atoms with Crippen LogP contribution in [0.1, 0.15) is 25.2 Å². The van der Waals surface area contributed by atoms with Gasteiger partial charge in [0.2, 0.25) is 0 Å². The molecule has 0 radical (unpaired) electrons. The van der Waals surface area contributed by atoms with E-state index in [1.807, 2.05) is 20.8 Å². The third-order valence-corrected chi connectivity index (χ3v) is 1.83. The molecule has 1 aromatic heterocycles. The number of hydrogen-bond acceptors (Lipinski definition) is 3. The highest BCUT2D eigenvalue weighted by Gasteiger charge is 2.22. The lowest BCUT2D eigenvalue weighted by Crippen LogP contribution is -2.22. The molecule has 1 rings (SSSR count). The summed E-state index contributed by atoms with van der Waals surface area (Å²) in [4.78, 5) is 8.37. The molecule has 66 valence electrons. The molecule has 0 fully saturated rings. The van der Waals surface area contributed by atoms with E-state index in [4.69, 9.17) is 4.74 Å². The molecule has 1 heterocycles. The second-order valence-electron chi connectivity index (χ2n) is 3.30. The van der Waals surface area contributed by atoms with E-state index >= 15 is 0 Å². The molecule has 1 aromatic rings. The highest BCUT2D eigenvalue weighted by Crippen LogP contribution is 2.18. The third kappa shape index (κ3) is 1.80. The van der Waals surface area contributed by atoms with Gasteiger partial charge in [0.05, 0.1) is 0 Å². The Morgan fingerprint density at radius 3 is 2.17 bits per heavy atom. The van der Waals surface area contributed by atoms with Crippen LogP contribution in [0.15, 0.2) is 12.4 Å². The van der Waals surface area contributed by atoms with E-state index in [0.29, 0.717) is 0 Å². The van der Waals surface area contributed by atoms with E-state index in [1.165, 1.54) is 0 Å². The Balaban J connectivity index is 2.96. The molecule has 0 aliphatic heterocycles. The van der Waals surface area contributed by atoms with Crippen molar-refractivity contribution in [3.63, 3.8) is 0 Å². The van der Waals surface area contributed by atoms with Gasteiger partial charge in [-0.2, -0.15) is 0 Å². The van der Waals surface area contributed by atoms with Crippen molar-refractivity contribution in [3.05, 3.63) is 23.8 Å². The minimum atomic E-state index is -0.395. The summed E-state index contributed by atoms with van der Waals surface area (Å²) in [7, 11) is 1.66. The molecular formula is C9H14N2O. The summed E-state index contributed by atoms with van der Waals surface area (Å²) in [5.41, 5.74) is 0.666. The van der Waals surface area contributed by atoms with Crippen LogP contribution in [0.25, 0.3) is 0 Å². The van der Waals surface area contributed by atoms with Gasteiger partial charge in [-0.1, -0.05) is 0 Å². The van der Waals surface area contributed by atoms with E-state index in [2.05, 4.69) is 9.97 Å². The normalized spacial score (nSPS) is 11.7. The Morgan fingerprint density at radius 1 is 1.25 bits per heavy atom. The van der Waals surface area contributed by atoms with Gasteiger partial charge in [-0.25, -0.2) is 9.97 Å². The van der Waals surface area contributed by atoms with Gasteiger partial charge in [-0.05, 0) is 26.3 Å². The van der Waals surface area contributed by atoms with Crippen LogP contribution in [0.5, 0.6) is 0 Å². The Kier molecular flexibility index (Phi) is 2.43. The smallest absolute Gasteiger partial charge is 0.159 e. The van der Waals surface area contributed by atoms with E-state index in [-0.39, 0.29) is 0 Å². The fraction of sp³-hybridized carbons (Fsp3) is 0.556. The molecule has 3 nitrogen and oxygen atoms in total. The van der Waals surface area contributed by atoms with E-state index in [9.17, 15) is 0 Å². The standard InChI is InChI=1S/C9H14N2O/c1-7-5-10-8(11-6-7)9(2,3)12-4/h5-6H,1-4H3. The Bertz CT molecular complexity index is 254. The molecule has 0 bridgehead atoms. The van der Waals surface area contributed by atoms with E-state index in [0.717, 1.165) is 11.4 Å². The average molecular weight is 166 g/mol. The van der Waals surface area contributed by atoms with Crippen LogP contribution >= 0.6 is 0 Å². The topological polar surface area (TPSA) is 35.0 Å². The molecule has 0 amide bonds. The van der Waals surface area contributed by atoms with Crippen LogP contribution in [0.4, 0.5) is 0 Å². The summed E-state index contributed by atoms with van der Waals surface area (Å²) < 4.78 is 5.24. The minimum Gasteiger partial charge on any atom is -0.371 e. The molecule has 0 saturated carbocycles. The molecule has 0 saturated heterocycles. The molecule has 0 aliphatic rings.